The molecule has 1 N–H and O–H groups in total. The molecule has 2 fully saturated rings. The highest BCUT2D eigenvalue weighted by Gasteiger charge is 2.46. The van der Waals surface area contributed by atoms with Crippen LogP contribution in [0.15, 0.2) is 24.3 Å². The molecule has 0 saturated carbocycles. The van der Waals surface area contributed by atoms with Gasteiger partial charge in [0.05, 0.1) is 14.3 Å². The molecule has 0 aliphatic carbocycles. The fourth-order valence-electron chi connectivity index (χ4n) is 4.22. The topological polar surface area (TPSA) is 48.5 Å². The zero-order chi connectivity index (χ0) is 19.8. The SMILES string of the molecule is CC1(CCCCN2CCN(c3nsc4ccccc34)CC2)NC(=O)C(C)(C)S1. The lowest BCUT2D eigenvalue weighted by Gasteiger charge is -2.35. The molecule has 1 unspecified atom stereocenters. The molecule has 3 heterocycles. The van der Waals surface area contributed by atoms with Crippen molar-refractivity contribution in [3.63, 3.8) is 0 Å². The van der Waals surface area contributed by atoms with Gasteiger partial charge >= 0.3 is 0 Å². The van der Waals surface area contributed by atoms with Crippen LogP contribution in [-0.2, 0) is 4.79 Å². The highest BCUT2D eigenvalue weighted by Crippen LogP contribution is 2.43. The highest BCUT2D eigenvalue weighted by atomic mass is 32.2. The van der Waals surface area contributed by atoms with Crippen molar-refractivity contribution in [1.82, 2.24) is 14.6 Å². The van der Waals surface area contributed by atoms with Crippen LogP contribution in [0.4, 0.5) is 5.82 Å². The number of piperazine rings is 1. The normalized spacial score (nSPS) is 25.4. The van der Waals surface area contributed by atoms with Gasteiger partial charge in [-0.2, -0.15) is 4.37 Å². The molecule has 2 aliphatic rings. The predicted molar refractivity (Wildman–Crippen MR) is 120 cm³/mol. The molecule has 1 aromatic heterocycles. The zero-order valence-electron chi connectivity index (χ0n) is 17.0. The van der Waals surface area contributed by atoms with Gasteiger partial charge in [0.25, 0.3) is 0 Å². The van der Waals surface area contributed by atoms with Crippen molar-refractivity contribution < 1.29 is 4.79 Å². The van der Waals surface area contributed by atoms with Crippen LogP contribution >= 0.6 is 23.3 Å². The summed E-state index contributed by atoms with van der Waals surface area (Å²) in [7, 11) is 0. The van der Waals surface area contributed by atoms with Crippen molar-refractivity contribution in [3.8, 4) is 0 Å². The fraction of sp³-hybridized carbons (Fsp3) is 0.619. The third-order valence-electron chi connectivity index (χ3n) is 5.81. The number of hydrogen-bond donors (Lipinski definition) is 1. The molecule has 28 heavy (non-hydrogen) atoms. The van der Waals surface area contributed by atoms with E-state index in [4.69, 9.17) is 4.37 Å². The number of nitrogens with zero attached hydrogens (tertiary/aromatic N) is 3. The molecule has 1 aromatic carbocycles. The maximum atomic E-state index is 12.1. The first-order chi connectivity index (χ1) is 13.4. The van der Waals surface area contributed by atoms with Gasteiger partial charge in [-0.05, 0) is 70.2 Å². The maximum Gasteiger partial charge on any atom is 0.236 e. The molecule has 0 spiro atoms. The number of rotatable bonds is 6. The second-order valence-corrected chi connectivity index (χ2v) is 11.5. The van der Waals surface area contributed by atoms with Gasteiger partial charge in [0, 0.05) is 31.6 Å². The van der Waals surface area contributed by atoms with Gasteiger partial charge in [-0.3, -0.25) is 9.69 Å². The molecule has 1 amide bonds. The van der Waals surface area contributed by atoms with Crippen molar-refractivity contribution in [2.24, 2.45) is 0 Å². The van der Waals surface area contributed by atoms with E-state index in [0.29, 0.717) is 0 Å². The minimum Gasteiger partial charge on any atom is -0.353 e. The maximum absolute atomic E-state index is 12.1. The Morgan fingerprint density at radius 2 is 1.86 bits per heavy atom. The van der Waals surface area contributed by atoms with E-state index in [9.17, 15) is 4.79 Å². The first-order valence-corrected chi connectivity index (χ1v) is 11.8. The standard InChI is InChI=1S/C21H30N4OS2/c1-20(2)19(26)22-21(3,28-20)10-6-7-11-24-12-14-25(15-13-24)18-16-8-4-5-9-17(16)27-23-18/h4-5,8-9H,6-7,10-15H2,1-3H3,(H,22,26). The van der Waals surface area contributed by atoms with Crippen molar-refractivity contribution in [1.29, 1.82) is 0 Å². The van der Waals surface area contributed by atoms with Crippen molar-refractivity contribution >= 4 is 45.1 Å². The minimum atomic E-state index is -0.301. The average molecular weight is 419 g/mol. The van der Waals surface area contributed by atoms with Crippen molar-refractivity contribution in [3.05, 3.63) is 24.3 Å². The van der Waals surface area contributed by atoms with Crippen molar-refractivity contribution in [2.75, 3.05) is 37.6 Å². The molecule has 152 valence electrons. The quantitative estimate of drug-likeness (QED) is 0.720. The Hall–Kier alpha value is -1.31. The third kappa shape index (κ3) is 4.16. The number of unbranched alkanes of at least 4 members (excludes halogenated alkanes) is 1. The molecule has 0 bridgehead atoms. The first-order valence-electron chi connectivity index (χ1n) is 10.2. The van der Waals surface area contributed by atoms with Crippen molar-refractivity contribution in [2.45, 2.75) is 49.7 Å². The monoisotopic (exact) mass is 418 g/mol. The van der Waals surface area contributed by atoms with Crippen LogP contribution in [0.2, 0.25) is 0 Å². The summed E-state index contributed by atoms with van der Waals surface area (Å²) in [6.07, 6.45) is 3.38. The number of hydrogen-bond acceptors (Lipinski definition) is 6. The molecular formula is C21H30N4OS2. The molecule has 2 aromatic rings. The fourth-order valence-corrected chi connectivity index (χ4v) is 6.68. The van der Waals surface area contributed by atoms with Gasteiger partial charge < -0.3 is 10.2 Å². The summed E-state index contributed by atoms with van der Waals surface area (Å²) in [6.45, 7) is 11.6. The first kappa shape index (κ1) is 20.0. The van der Waals surface area contributed by atoms with E-state index < -0.39 is 0 Å². The largest absolute Gasteiger partial charge is 0.353 e. The third-order valence-corrected chi connectivity index (χ3v) is 8.08. The van der Waals surface area contributed by atoms with Gasteiger partial charge in [-0.15, -0.1) is 11.8 Å². The smallest absolute Gasteiger partial charge is 0.236 e. The Kier molecular flexibility index (Phi) is 5.60. The lowest BCUT2D eigenvalue weighted by Crippen LogP contribution is -2.46. The number of thioether (sulfide) groups is 1. The summed E-state index contributed by atoms with van der Waals surface area (Å²) in [5, 5.41) is 4.48. The molecule has 2 saturated heterocycles. The Bertz CT molecular complexity index is 844. The van der Waals surface area contributed by atoms with Crippen LogP contribution in [0.3, 0.4) is 0 Å². The lowest BCUT2D eigenvalue weighted by molar-refractivity contribution is -0.122. The minimum absolute atomic E-state index is 0.106. The number of benzene rings is 1. The number of anilines is 1. The number of carbonyl (C=O) groups is 1. The van der Waals surface area contributed by atoms with E-state index in [-0.39, 0.29) is 15.5 Å². The molecule has 7 heteroatoms. The average Bonchev–Trinajstić information content (AvgIpc) is 3.18. The lowest BCUT2D eigenvalue weighted by atomic mass is 10.1. The van der Waals surface area contributed by atoms with Crippen LogP contribution in [-0.4, -0.2) is 57.5 Å². The Morgan fingerprint density at radius 1 is 1.11 bits per heavy atom. The van der Waals surface area contributed by atoms with Crippen LogP contribution in [0, 0.1) is 0 Å². The Labute approximate surface area is 176 Å². The predicted octanol–water partition coefficient (Wildman–Crippen LogP) is 3.95. The summed E-state index contributed by atoms with van der Waals surface area (Å²) >= 11 is 3.38. The summed E-state index contributed by atoms with van der Waals surface area (Å²) in [5.41, 5.74) is 0. The van der Waals surface area contributed by atoms with E-state index in [1.54, 1.807) is 23.3 Å². The van der Waals surface area contributed by atoms with E-state index >= 15 is 0 Å². The molecule has 2 aliphatic heterocycles. The highest BCUT2D eigenvalue weighted by molar-refractivity contribution is 8.03. The molecule has 5 nitrogen and oxygen atoms in total. The summed E-state index contributed by atoms with van der Waals surface area (Å²) in [6, 6.07) is 8.52. The van der Waals surface area contributed by atoms with Gasteiger partial charge in [0.15, 0.2) is 0 Å². The summed E-state index contributed by atoms with van der Waals surface area (Å²) in [4.78, 5) is 16.9. The van der Waals surface area contributed by atoms with Crippen LogP contribution < -0.4 is 10.2 Å². The van der Waals surface area contributed by atoms with E-state index in [1.165, 1.54) is 16.5 Å². The molecule has 0 radical (unpaired) electrons. The second kappa shape index (κ2) is 7.84. The molecule has 4 rings (SSSR count). The van der Waals surface area contributed by atoms with E-state index in [2.05, 4.69) is 46.3 Å². The van der Waals surface area contributed by atoms with E-state index in [1.807, 2.05) is 13.8 Å². The van der Waals surface area contributed by atoms with Gasteiger partial charge in [-0.1, -0.05) is 12.1 Å². The van der Waals surface area contributed by atoms with Crippen LogP contribution in [0.5, 0.6) is 0 Å². The Morgan fingerprint density at radius 3 is 2.57 bits per heavy atom. The van der Waals surface area contributed by atoms with Crippen LogP contribution in [0.25, 0.3) is 10.1 Å². The van der Waals surface area contributed by atoms with Gasteiger partial charge in [-0.25, -0.2) is 0 Å². The van der Waals surface area contributed by atoms with Gasteiger partial charge in [0.1, 0.15) is 5.82 Å². The summed E-state index contributed by atoms with van der Waals surface area (Å²) < 4.78 is 5.67. The zero-order valence-corrected chi connectivity index (χ0v) is 18.7. The number of carbonyl (C=O) groups excluding carboxylic acids is 1. The number of amides is 1. The molecule has 1 atom stereocenters. The summed E-state index contributed by atoms with van der Waals surface area (Å²) in [5.74, 6) is 1.33. The molecular weight excluding hydrogens is 388 g/mol. The number of aromatic nitrogens is 1. The van der Waals surface area contributed by atoms with Crippen LogP contribution in [0.1, 0.15) is 40.0 Å². The number of nitrogens with one attached hydrogen (secondary N) is 1. The number of fused-ring (bicyclic) bond motifs is 1. The van der Waals surface area contributed by atoms with E-state index in [0.717, 1.165) is 51.4 Å². The Balaban J connectivity index is 1.21. The second-order valence-electron chi connectivity index (χ2n) is 8.59. The van der Waals surface area contributed by atoms with Gasteiger partial charge in [0.2, 0.25) is 5.91 Å².